The Kier molecular flexibility index (Phi) is 5.39. The average Bonchev–Trinajstić information content (AvgIpc) is 2.83. The fraction of sp³-hybridized carbons (Fsp3) is 0.615. The SMILES string of the molecule is O=C(CSCc1cccs1)NC1CCCCC1. The van der Waals surface area contributed by atoms with Crippen LogP contribution in [0.3, 0.4) is 0 Å². The quantitative estimate of drug-likeness (QED) is 0.887. The molecule has 0 saturated heterocycles. The van der Waals surface area contributed by atoms with Crippen molar-refractivity contribution in [3.63, 3.8) is 0 Å². The van der Waals surface area contributed by atoms with Crippen LogP contribution >= 0.6 is 23.1 Å². The summed E-state index contributed by atoms with van der Waals surface area (Å²) < 4.78 is 0. The van der Waals surface area contributed by atoms with Crippen molar-refractivity contribution in [2.24, 2.45) is 0 Å². The molecule has 1 aromatic rings. The summed E-state index contributed by atoms with van der Waals surface area (Å²) in [5.74, 6) is 1.75. The van der Waals surface area contributed by atoms with Crippen LogP contribution in [0.2, 0.25) is 0 Å². The van der Waals surface area contributed by atoms with Crippen molar-refractivity contribution in [2.45, 2.75) is 43.9 Å². The zero-order chi connectivity index (χ0) is 11.9. The van der Waals surface area contributed by atoms with Crippen molar-refractivity contribution in [3.05, 3.63) is 22.4 Å². The molecular weight excluding hydrogens is 250 g/mol. The normalized spacial score (nSPS) is 16.9. The Labute approximate surface area is 111 Å². The standard InChI is InChI=1S/C13H19NOS2/c15-13(14-11-5-2-1-3-6-11)10-16-9-12-7-4-8-17-12/h4,7-8,11H,1-3,5-6,9-10H2,(H,14,15). The van der Waals surface area contributed by atoms with Gasteiger partial charge in [0.25, 0.3) is 0 Å². The monoisotopic (exact) mass is 269 g/mol. The highest BCUT2D eigenvalue weighted by Crippen LogP contribution is 2.19. The average molecular weight is 269 g/mol. The molecule has 0 unspecified atom stereocenters. The molecule has 0 spiro atoms. The van der Waals surface area contributed by atoms with E-state index >= 15 is 0 Å². The first-order valence-corrected chi connectivity index (χ1v) is 8.27. The summed E-state index contributed by atoms with van der Waals surface area (Å²) in [6.07, 6.45) is 6.21. The van der Waals surface area contributed by atoms with Gasteiger partial charge in [-0.15, -0.1) is 23.1 Å². The zero-order valence-electron chi connectivity index (χ0n) is 9.98. The molecule has 17 heavy (non-hydrogen) atoms. The van der Waals surface area contributed by atoms with Gasteiger partial charge in [-0.3, -0.25) is 4.79 Å². The molecule has 1 aliphatic rings. The van der Waals surface area contributed by atoms with Gasteiger partial charge in [0.1, 0.15) is 0 Å². The van der Waals surface area contributed by atoms with Crippen LogP contribution in [0.5, 0.6) is 0 Å². The van der Waals surface area contributed by atoms with Crippen molar-refractivity contribution in [3.8, 4) is 0 Å². The number of amides is 1. The Morgan fingerprint density at radius 1 is 1.41 bits per heavy atom. The third kappa shape index (κ3) is 4.72. The van der Waals surface area contributed by atoms with Crippen LogP contribution in [0, 0.1) is 0 Å². The van der Waals surface area contributed by atoms with Gasteiger partial charge in [-0.05, 0) is 24.3 Å². The minimum Gasteiger partial charge on any atom is -0.353 e. The van der Waals surface area contributed by atoms with E-state index in [0.717, 1.165) is 5.75 Å². The predicted octanol–water partition coefficient (Wildman–Crippen LogP) is 3.43. The molecule has 1 aliphatic carbocycles. The van der Waals surface area contributed by atoms with E-state index in [1.807, 2.05) is 0 Å². The van der Waals surface area contributed by atoms with Crippen molar-refractivity contribution in [1.29, 1.82) is 0 Å². The summed E-state index contributed by atoms with van der Waals surface area (Å²) in [7, 11) is 0. The Bertz CT molecular complexity index is 331. The maximum atomic E-state index is 11.7. The third-order valence-electron chi connectivity index (χ3n) is 3.03. The number of nitrogens with one attached hydrogen (secondary N) is 1. The van der Waals surface area contributed by atoms with Crippen LogP contribution in [0.15, 0.2) is 17.5 Å². The van der Waals surface area contributed by atoms with Crippen LogP contribution in [-0.2, 0) is 10.5 Å². The Morgan fingerprint density at radius 2 is 2.24 bits per heavy atom. The van der Waals surface area contributed by atoms with Gasteiger partial charge in [0.15, 0.2) is 0 Å². The van der Waals surface area contributed by atoms with E-state index in [9.17, 15) is 4.79 Å². The van der Waals surface area contributed by atoms with E-state index in [-0.39, 0.29) is 5.91 Å². The molecule has 1 amide bonds. The Hall–Kier alpha value is -0.480. The maximum absolute atomic E-state index is 11.7. The second-order valence-electron chi connectivity index (χ2n) is 4.47. The number of hydrogen-bond acceptors (Lipinski definition) is 3. The lowest BCUT2D eigenvalue weighted by atomic mass is 9.95. The molecule has 4 heteroatoms. The van der Waals surface area contributed by atoms with Crippen molar-refractivity contribution in [2.75, 3.05) is 5.75 Å². The summed E-state index contributed by atoms with van der Waals surface area (Å²) in [6, 6.07) is 4.62. The molecule has 94 valence electrons. The van der Waals surface area contributed by atoms with Gasteiger partial charge < -0.3 is 5.32 Å². The van der Waals surface area contributed by atoms with Gasteiger partial charge in [0, 0.05) is 16.7 Å². The van der Waals surface area contributed by atoms with Crippen molar-refractivity contribution in [1.82, 2.24) is 5.32 Å². The van der Waals surface area contributed by atoms with E-state index < -0.39 is 0 Å². The number of thiophene rings is 1. The lowest BCUT2D eigenvalue weighted by Crippen LogP contribution is -2.37. The van der Waals surface area contributed by atoms with E-state index in [1.165, 1.54) is 37.0 Å². The van der Waals surface area contributed by atoms with E-state index in [4.69, 9.17) is 0 Å². The number of thioether (sulfide) groups is 1. The molecule has 0 radical (unpaired) electrons. The van der Waals surface area contributed by atoms with Gasteiger partial charge in [-0.25, -0.2) is 0 Å². The van der Waals surface area contributed by atoms with Crippen LogP contribution in [0.4, 0.5) is 0 Å². The van der Waals surface area contributed by atoms with E-state index in [1.54, 1.807) is 23.1 Å². The molecule has 0 aromatic carbocycles. The summed E-state index contributed by atoms with van der Waals surface area (Å²) in [5, 5.41) is 5.22. The Balaban J connectivity index is 1.60. The molecule has 1 aromatic heterocycles. The minimum atomic E-state index is 0.207. The van der Waals surface area contributed by atoms with E-state index in [2.05, 4.69) is 22.8 Å². The van der Waals surface area contributed by atoms with Crippen LogP contribution < -0.4 is 5.32 Å². The first-order valence-electron chi connectivity index (χ1n) is 6.24. The highest BCUT2D eigenvalue weighted by molar-refractivity contribution is 7.99. The van der Waals surface area contributed by atoms with Crippen LogP contribution in [0.1, 0.15) is 37.0 Å². The molecule has 1 heterocycles. The fourth-order valence-corrected chi connectivity index (χ4v) is 3.83. The molecule has 1 fully saturated rings. The summed E-state index contributed by atoms with van der Waals surface area (Å²) in [5.41, 5.74) is 0. The highest BCUT2D eigenvalue weighted by atomic mass is 32.2. The number of carbonyl (C=O) groups excluding carboxylic acids is 1. The Morgan fingerprint density at radius 3 is 2.94 bits per heavy atom. The maximum Gasteiger partial charge on any atom is 0.230 e. The first kappa shape index (κ1) is 13.0. The molecule has 0 atom stereocenters. The van der Waals surface area contributed by atoms with Gasteiger partial charge in [-0.1, -0.05) is 25.3 Å². The topological polar surface area (TPSA) is 29.1 Å². The second kappa shape index (κ2) is 7.07. The molecule has 1 N–H and O–H groups in total. The molecule has 2 nitrogen and oxygen atoms in total. The third-order valence-corrected chi connectivity index (χ3v) is 5.07. The zero-order valence-corrected chi connectivity index (χ0v) is 11.6. The molecule has 2 rings (SSSR count). The number of hydrogen-bond donors (Lipinski definition) is 1. The van der Waals surface area contributed by atoms with Crippen LogP contribution in [-0.4, -0.2) is 17.7 Å². The van der Waals surface area contributed by atoms with Gasteiger partial charge in [-0.2, -0.15) is 0 Å². The highest BCUT2D eigenvalue weighted by Gasteiger charge is 2.15. The van der Waals surface area contributed by atoms with Gasteiger partial charge in [0.05, 0.1) is 5.75 Å². The summed E-state index contributed by atoms with van der Waals surface area (Å²) in [4.78, 5) is 13.1. The van der Waals surface area contributed by atoms with Gasteiger partial charge in [0.2, 0.25) is 5.91 Å². The lowest BCUT2D eigenvalue weighted by Gasteiger charge is -2.22. The fourth-order valence-electron chi connectivity index (χ4n) is 2.16. The predicted molar refractivity (Wildman–Crippen MR) is 75.5 cm³/mol. The van der Waals surface area contributed by atoms with Crippen molar-refractivity contribution < 1.29 is 4.79 Å². The smallest absolute Gasteiger partial charge is 0.230 e. The molecular formula is C13H19NOS2. The molecule has 0 bridgehead atoms. The summed E-state index contributed by atoms with van der Waals surface area (Å²) >= 11 is 3.46. The van der Waals surface area contributed by atoms with E-state index in [0.29, 0.717) is 11.8 Å². The number of carbonyl (C=O) groups is 1. The first-order chi connectivity index (χ1) is 8.34. The minimum absolute atomic E-state index is 0.207. The molecule has 1 saturated carbocycles. The second-order valence-corrected chi connectivity index (χ2v) is 6.49. The number of rotatable bonds is 5. The lowest BCUT2D eigenvalue weighted by molar-refractivity contribution is -0.119. The summed E-state index contributed by atoms with van der Waals surface area (Å²) in [6.45, 7) is 0. The molecule has 0 aliphatic heterocycles. The largest absolute Gasteiger partial charge is 0.353 e. The van der Waals surface area contributed by atoms with Gasteiger partial charge >= 0.3 is 0 Å². The van der Waals surface area contributed by atoms with Crippen molar-refractivity contribution >= 4 is 29.0 Å². The van der Waals surface area contributed by atoms with Crippen LogP contribution in [0.25, 0.3) is 0 Å².